The molecule has 2 aromatic heterocycles. The molecule has 236 valence electrons. The first-order valence-corrected chi connectivity index (χ1v) is 14.2. The van der Waals surface area contributed by atoms with E-state index < -0.39 is 45.6 Å². The van der Waals surface area contributed by atoms with E-state index in [4.69, 9.17) is 0 Å². The fourth-order valence-corrected chi connectivity index (χ4v) is 7.44. The van der Waals surface area contributed by atoms with E-state index in [1.165, 1.54) is 16.6 Å². The highest BCUT2D eigenvalue weighted by Gasteiger charge is 2.57. The SMILES string of the molecule is Cl.Cl.O=C(NO)C1(S(=O)(=O)N2CCC(c3ccc(CCC(F)(F)C(F)(F)F)cn3)CC2)CCN(c2cccnc2)CC1. The summed E-state index contributed by atoms with van der Waals surface area (Å²) in [5, 5.41) is 9.42. The van der Waals surface area contributed by atoms with E-state index in [9.17, 15) is 40.4 Å². The molecule has 17 heteroatoms. The predicted molar refractivity (Wildman–Crippen MR) is 149 cm³/mol. The van der Waals surface area contributed by atoms with Crippen molar-refractivity contribution in [3.63, 3.8) is 0 Å². The number of hydrogen-bond acceptors (Lipinski definition) is 7. The van der Waals surface area contributed by atoms with Gasteiger partial charge >= 0.3 is 12.1 Å². The lowest BCUT2D eigenvalue weighted by Crippen LogP contribution is -2.62. The Bertz CT molecular complexity index is 1270. The van der Waals surface area contributed by atoms with Gasteiger partial charge in [0.25, 0.3) is 5.91 Å². The Kier molecular flexibility index (Phi) is 11.9. The Labute approximate surface area is 252 Å². The molecule has 9 nitrogen and oxygen atoms in total. The number of pyridine rings is 2. The highest BCUT2D eigenvalue weighted by molar-refractivity contribution is 7.91. The van der Waals surface area contributed by atoms with Crippen molar-refractivity contribution in [2.75, 3.05) is 31.1 Å². The summed E-state index contributed by atoms with van der Waals surface area (Å²) in [5.74, 6) is -5.93. The van der Waals surface area contributed by atoms with Gasteiger partial charge in [0, 0.05) is 56.6 Å². The van der Waals surface area contributed by atoms with E-state index >= 15 is 0 Å². The number of halogens is 7. The van der Waals surface area contributed by atoms with Crippen molar-refractivity contribution < 1.29 is 40.4 Å². The maximum atomic E-state index is 13.8. The minimum atomic E-state index is -5.61. The number of hydrogen-bond donors (Lipinski definition) is 2. The second kappa shape index (κ2) is 14.0. The van der Waals surface area contributed by atoms with Crippen molar-refractivity contribution in [2.24, 2.45) is 0 Å². The minimum Gasteiger partial charge on any atom is -0.370 e. The Morgan fingerprint density at radius 3 is 2.17 bits per heavy atom. The second-order valence-electron chi connectivity index (χ2n) is 10.1. The zero-order chi connectivity index (χ0) is 29.2. The van der Waals surface area contributed by atoms with Gasteiger partial charge in [0.2, 0.25) is 10.0 Å². The number of alkyl halides is 5. The minimum absolute atomic E-state index is 0. The quantitative estimate of drug-likeness (QED) is 0.243. The highest BCUT2D eigenvalue weighted by Crippen LogP contribution is 2.40. The summed E-state index contributed by atoms with van der Waals surface area (Å²) < 4.78 is 90.6. The van der Waals surface area contributed by atoms with Gasteiger partial charge < -0.3 is 4.90 Å². The van der Waals surface area contributed by atoms with Crippen LogP contribution in [0.2, 0.25) is 0 Å². The number of anilines is 1. The fourth-order valence-electron chi connectivity index (χ4n) is 5.28. The Hall–Kier alpha value is -2.33. The summed E-state index contributed by atoms with van der Waals surface area (Å²) in [7, 11) is -4.17. The number of hydroxylamine groups is 1. The summed E-state index contributed by atoms with van der Waals surface area (Å²) in [5.41, 5.74) is 3.16. The number of carbonyl (C=O) groups is 1. The van der Waals surface area contributed by atoms with Crippen molar-refractivity contribution in [1.29, 1.82) is 0 Å². The molecule has 1 amide bonds. The number of sulfonamides is 1. The molecule has 2 fully saturated rings. The molecule has 0 aliphatic carbocycles. The largest absolute Gasteiger partial charge is 0.453 e. The molecule has 2 saturated heterocycles. The monoisotopic (exact) mass is 663 g/mol. The molecule has 0 saturated carbocycles. The first-order valence-electron chi connectivity index (χ1n) is 12.8. The van der Waals surface area contributed by atoms with Crippen LogP contribution in [-0.4, -0.2) is 76.8 Å². The Morgan fingerprint density at radius 1 is 1.02 bits per heavy atom. The summed E-state index contributed by atoms with van der Waals surface area (Å²) in [6.45, 7) is 0.724. The molecule has 4 heterocycles. The van der Waals surface area contributed by atoms with Crippen LogP contribution < -0.4 is 10.4 Å². The molecule has 2 aliphatic rings. The predicted octanol–water partition coefficient (Wildman–Crippen LogP) is 4.50. The van der Waals surface area contributed by atoms with Gasteiger partial charge in [0.1, 0.15) is 0 Å². The lowest BCUT2D eigenvalue weighted by molar-refractivity contribution is -0.284. The number of nitrogens with zero attached hydrogens (tertiary/aromatic N) is 4. The number of aryl methyl sites for hydroxylation is 1. The molecule has 0 spiro atoms. The van der Waals surface area contributed by atoms with Gasteiger partial charge in [-0.05, 0) is 55.9 Å². The lowest BCUT2D eigenvalue weighted by Gasteiger charge is -2.43. The first-order chi connectivity index (χ1) is 18.8. The average molecular weight is 665 g/mol. The van der Waals surface area contributed by atoms with Crippen LogP contribution in [0.1, 0.15) is 49.3 Å². The van der Waals surface area contributed by atoms with E-state index in [2.05, 4.69) is 9.97 Å². The van der Waals surface area contributed by atoms with Crippen LogP contribution in [-0.2, 0) is 21.2 Å². The zero-order valence-electron chi connectivity index (χ0n) is 22.3. The molecule has 0 atom stereocenters. The van der Waals surface area contributed by atoms with Crippen LogP contribution in [0, 0.1) is 0 Å². The normalized spacial score (nSPS) is 18.5. The van der Waals surface area contributed by atoms with Crippen molar-refractivity contribution >= 4 is 46.4 Å². The number of amides is 1. The molecule has 2 aromatic rings. The molecule has 0 bridgehead atoms. The molecular formula is C25H32Cl2F5N5O4S. The van der Waals surface area contributed by atoms with Crippen molar-refractivity contribution in [2.45, 2.75) is 61.3 Å². The van der Waals surface area contributed by atoms with Crippen LogP contribution in [0.5, 0.6) is 0 Å². The van der Waals surface area contributed by atoms with Gasteiger partial charge in [0.15, 0.2) is 4.75 Å². The van der Waals surface area contributed by atoms with Gasteiger partial charge in [-0.2, -0.15) is 22.0 Å². The lowest BCUT2D eigenvalue weighted by atomic mass is 9.93. The molecule has 2 aliphatic heterocycles. The Morgan fingerprint density at radius 2 is 1.67 bits per heavy atom. The van der Waals surface area contributed by atoms with E-state index in [-0.39, 0.29) is 75.3 Å². The van der Waals surface area contributed by atoms with Gasteiger partial charge in [-0.25, -0.2) is 18.2 Å². The number of aromatic nitrogens is 2. The maximum absolute atomic E-state index is 13.8. The topological polar surface area (TPSA) is 116 Å². The third-order valence-electron chi connectivity index (χ3n) is 7.79. The maximum Gasteiger partial charge on any atom is 0.453 e. The first kappa shape index (κ1) is 35.9. The molecule has 0 radical (unpaired) electrons. The van der Waals surface area contributed by atoms with Crippen molar-refractivity contribution in [1.82, 2.24) is 19.8 Å². The number of piperidine rings is 2. The smallest absolute Gasteiger partial charge is 0.370 e. The molecule has 2 N–H and O–H groups in total. The van der Waals surface area contributed by atoms with Crippen molar-refractivity contribution in [3.05, 3.63) is 54.1 Å². The molecule has 42 heavy (non-hydrogen) atoms. The van der Waals surface area contributed by atoms with E-state index in [0.29, 0.717) is 18.5 Å². The zero-order valence-corrected chi connectivity index (χ0v) is 24.7. The third-order valence-corrected chi connectivity index (χ3v) is 10.4. The number of nitrogens with one attached hydrogen (secondary N) is 1. The Balaban J connectivity index is 0.00000308. The van der Waals surface area contributed by atoms with Crippen molar-refractivity contribution in [3.8, 4) is 0 Å². The van der Waals surface area contributed by atoms with Crippen LogP contribution in [0.25, 0.3) is 0 Å². The highest BCUT2D eigenvalue weighted by atomic mass is 35.5. The van der Waals surface area contributed by atoms with Gasteiger partial charge in [-0.3, -0.25) is 20.0 Å². The van der Waals surface area contributed by atoms with Crippen LogP contribution in [0.3, 0.4) is 0 Å². The molecular weight excluding hydrogens is 632 g/mol. The van der Waals surface area contributed by atoms with E-state index in [1.54, 1.807) is 30.0 Å². The van der Waals surface area contributed by atoms with Crippen LogP contribution in [0.15, 0.2) is 42.9 Å². The summed E-state index contributed by atoms with van der Waals surface area (Å²) in [4.78, 5) is 23.0. The number of rotatable bonds is 8. The van der Waals surface area contributed by atoms with Gasteiger partial charge in [-0.1, -0.05) is 6.07 Å². The van der Waals surface area contributed by atoms with Gasteiger partial charge in [-0.15, -0.1) is 24.8 Å². The molecule has 0 unspecified atom stereocenters. The second-order valence-corrected chi connectivity index (χ2v) is 12.4. The average Bonchev–Trinajstić information content (AvgIpc) is 2.96. The summed E-state index contributed by atoms with van der Waals surface area (Å²) in [6, 6.07) is 6.61. The number of carbonyl (C=O) groups excluding carboxylic acids is 1. The summed E-state index contributed by atoms with van der Waals surface area (Å²) in [6.07, 6.45) is -2.28. The molecule has 0 aromatic carbocycles. The van der Waals surface area contributed by atoms with Gasteiger partial charge in [0.05, 0.1) is 11.9 Å². The molecule has 4 rings (SSSR count). The van der Waals surface area contributed by atoms with E-state index in [0.717, 1.165) is 5.69 Å². The standard InChI is InChI=1S/C25H30F5N5O4S.2ClH/c26-24(27,25(28,29)30)8-5-18-3-4-21(32-16-18)19-6-12-35(13-7-19)40(38,39)23(22(36)33-37)9-14-34(15-10-23)20-2-1-11-31-17-20;;/h1-4,11,16-17,19,37H,5-10,12-15H2,(H,33,36);2*1H. The summed E-state index contributed by atoms with van der Waals surface area (Å²) >= 11 is 0. The van der Waals surface area contributed by atoms with Crippen LogP contribution in [0.4, 0.5) is 27.6 Å². The van der Waals surface area contributed by atoms with Crippen LogP contribution >= 0.6 is 24.8 Å². The third kappa shape index (κ3) is 7.24. The van der Waals surface area contributed by atoms with E-state index in [1.807, 2.05) is 11.0 Å². The fraction of sp³-hybridized carbons (Fsp3) is 0.560.